The Balaban J connectivity index is 1.21. The number of nitrogens with zero attached hydrogens (tertiary/aromatic N) is 4. The van der Waals surface area contributed by atoms with Gasteiger partial charge >= 0.3 is 6.09 Å². The highest BCUT2D eigenvalue weighted by Gasteiger charge is 2.50. The fourth-order valence-electron chi connectivity index (χ4n) is 6.13. The van der Waals surface area contributed by atoms with Crippen LogP contribution >= 0.6 is 0 Å². The molecule has 1 aromatic heterocycles. The van der Waals surface area contributed by atoms with E-state index >= 15 is 0 Å². The van der Waals surface area contributed by atoms with E-state index in [-0.39, 0.29) is 17.7 Å². The highest BCUT2D eigenvalue weighted by atomic mass is 16.6. The highest BCUT2D eigenvalue weighted by Crippen LogP contribution is 2.45. The molecule has 1 saturated carbocycles. The predicted molar refractivity (Wildman–Crippen MR) is 120 cm³/mol. The Morgan fingerprint density at radius 3 is 3.03 bits per heavy atom. The molecule has 2 unspecified atom stereocenters. The SMILES string of the molecule is N#Cc1ccc2ncn(CC3CCCC4(C3)CN([C@H]3CCc5ccccc53)C(=O)O4)c2c1. The molecule has 1 spiro atoms. The molecule has 162 valence electrons. The smallest absolute Gasteiger partial charge is 0.411 e. The topological polar surface area (TPSA) is 71.2 Å². The minimum absolute atomic E-state index is 0.139. The van der Waals surface area contributed by atoms with Crippen LogP contribution in [-0.4, -0.2) is 32.7 Å². The van der Waals surface area contributed by atoms with Gasteiger partial charge in [0.25, 0.3) is 0 Å². The van der Waals surface area contributed by atoms with Gasteiger partial charge in [0.2, 0.25) is 0 Å². The second-order valence-electron chi connectivity index (χ2n) is 9.61. The quantitative estimate of drug-likeness (QED) is 0.592. The van der Waals surface area contributed by atoms with Crippen molar-refractivity contribution in [2.75, 3.05) is 6.54 Å². The minimum atomic E-state index is -0.383. The number of fused-ring (bicyclic) bond motifs is 2. The van der Waals surface area contributed by atoms with Gasteiger partial charge in [0.1, 0.15) is 5.60 Å². The lowest BCUT2D eigenvalue weighted by Crippen LogP contribution is -2.41. The summed E-state index contributed by atoms with van der Waals surface area (Å²) >= 11 is 0. The molecule has 3 atom stereocenters. The van der Waals surface area contributed by atoms with E-state index in [9.17, 15) is 10.1 Å². The third-order valence-corrected chi connectivity index (χ3v) is 7.58. The van der Waals surface area contributed by atoms with Crippen molar-refractivity contribution in [1.82, 2.24) is 14.5 Å². The Bertz CT molecular complexity index is 1240. The molecule has 2 heterocycles. The number of amides is 1. The summed E-state index contributed by atoms with van der Waals surface area (Å²) < 4.78 is 8.28. The van der Waals surface area contributed by atoms with Crippen molar-refractivity contribution in [2.45, 2.75) is 56.7 Å². The van der Waals surface area contributed by atoms with Gasteiger partial charge in [0.05, 0.1) is 41.6 Å². The monoisotopic (exact) mass is 426 g/mol. The Morgan fingerprint density at radius 2 is 2.12 bits per heavy atom. The first-order valence-corrected chi connectivity index (χ1v) is 11.6. The largest absolute Gasteiger partial charge is 0.441 e. The average molecular weight is 427 g/mol. The first-order valence-electron chi connectivity index (χ1n) is 11.6. The lowest BCUT2D eigenvalue weighted by atomic mass is 9.77. The summed E-state index contributed by atoms with van der Waals surface area (Å²) in [5.74, 6) is 0.413. The van der Waals surface area contributed by atoms with Gasteiger partial charge in [0.15, 0.2) is 0 Å². The molecule has 6 heteroatoms. The number of imidazole rings is 1. The van der Waals surface area contributed by atoms with E-state index in [0.717, 1.165) is 56.1 Å². The molecule has 3 aliphatic rings. The second-order valence-corrected chi connectivity index (χ2v) is 9.61. The van der Waals surface area contributed by atoms with Crippen molar-refractivity contribution in [3.05, 3.63) is 65.5 Å². The predicted octanol–water partition coefficient (Wildman–Crippen LogP) is 4.98. The van der Waals surface area contributed by atoms with Crippen molar-refractivity contribution in [2.24, 2.45) is 5.92 Å². The van der Waals surface area contributed by atoms with Crippen molar-refractivity contribution in [3.63, 3.8) is 0 Å². The molecule has 1 aliphatic heterocycles. The molecule has 2 fully saturated rings. The number of carbonyl (C=O) groups is 1. The van der Waals surface area contributed by atoms with Gasteiger partial charge in [-0.05, 0) is 73.8 Å². The molecule has 32 heavy (non-hydrogen) atoms. The number of hydrogen-bond acceptors (Lipinski definition) is 4. The van der Waals surface area contributed by atoms with Gasteiger partial charge in [0, 0.05) is 6.54 Å². The first-order chi connectivity index (χ1) is 15.6. The van der Waals surface area contributed by atoms with Crippen molar-refractivity contribution in [3.8, 4) is 6.07 Å². The molecule has 0 radical (unpaired) electrons. The number of aromatic nitrogens is 2. The number of ether oxygens (including phenoxy) is 1. The molecule has 2 aromatic carbocycles. The fraction of sp³-hybridized carbons (Fsp3) is 0.423. The standard InChI is InChI=1S/C26H26N4O2/c27-14-18-7-9-22-24(12-18)29(17-28-22)15-19-4-3-11-26(13-19)16-30(25(31)32-26)23-10-8-20-5-1-2-6-21(20)23/h1-2,5-7,9,12,17,19,23H,3-4,8,10-11,13,15-16H2/t19?,23-,26?/m0/s1. The Kier molecular flexibility index (Phi) is 4.46. The van der Waals surface area contributed by atoms with Crippen LogP contribution in [0.4, 0.5) is 4.79 Å². The zero-order valence-electron chi connectivity index (χ0n) is 18.0. The van der Waals surface area contributed by atoms with E-state index in [1.165, 1.54) is 11.1 Å². The van der Waals surface area contributed by atoms with Crippen molar-refractivity contribution < 1.29 is 9.53 Å². The average Bonchev–Trinajstić information content (AvgIpc) is 3.49. The van der Waals surface area contributed by atoms with Crippen LogP contribution in [0.3, 0.4) is 0 Å². The summed E-state index contributed by atoms with van der Waals surface area (Å²) in [6.07, 6.45) is 7.71. The zero-order chi connectivity index (χ0) is 21.7. The van der Waals surface area contributed by atoms with Crippen LogP contribution in [-0.2, 0) is 17.7 Å². The third-order valence-electron chi connectivity index (χ3n) is 7.58. The van der Waals surface area contributed by atoms with Gasteiger partial charge in [-0.25, -0.2) is 9.78 Å². The van der Waals surface area contributed by atoms with Gasteiger partial charge < -0.3 is 9.30 Å². The van der Waals surface area contributed by atoms with Crippen LogP contribution in [0.15, 0.2) is 48.8 Å². The van der Waals surface area contributed by atoms with E-state index in [1.807, 2.05) is 29.4 Å². The van der Waals surface area contributed by atoms with Crippen LogP contribution < -0.4 is 0 Å². The maximum Gasteiger partial charge on any atom is 0.411 e. The summed E-state index contributed by atoms with van der Waals surface area (Å²) in [6, 6.07) is 16.5. The number of benzene rings is 2. The first kappa shape index (κ1) is 19.4. The molecule has 1 saturated heterocycles. The zero-order valence-corrected chi connectivity index (χ0v) is 18.0. The molecular weight excluding hydrogens is 400 g/mol. The molecule has 6 rings (SSSR count). The second kappa shape index (κ2) is 7.37. The molecule has 0 bridgehead atoms. The molecule has 6 nitrogen and oxygen atoms in total. The number of aryl methyl sites for hydroxylation is 1. The maximum absolute atomic E-state index is 13.0. The Labute approximate surface area is 187 Å². The van der Waals surface area contributed by atoms with Crippen LogP contribution in [0.1, 0.15) is 54.8 Å². The number of rotatable bonds is 3. The number of carbonyl (C=O) groups excluding carboxylic acids is 1. The van der Waals surface area contributed by atoms with E-state index in [4.69, 9.17) is 4.74 Å². The lowest BCUT2D eigenvalue weighted by Gasteiger charge is -2.36. The van der Waals surface area contributed by atoms with Gasteiger partial charge in [-0.3, -0.25) is 4.90 Å². The third kappa shape index (κ3) is 3.15. The Morgan fingerprint density at radius 1 is 1.22 bits per heavy atom. The molecule has 1 amide bonds. The number of nitriles is 1. The van der Waals surface area contributed by atoms with Gasteiger partial charge in [-0.1, -0.05) is 24.3 Å². The van der Waals surface area contributed by atoms with E-state index in [0.29, 0.717) is 18.0 Å². The van der Waals surface area contributed by atoms with Gasteiger partial charge in [-0.15, -0.1) is 0 Å². The van der Waals surface area contributed by atoms with Crippen LogP contribution in [0.25, 0.3) is 11.0 Å². The molecular formula is C26H26N4O2. The van der Waals surface area contributed by atoms with Crippen molar-refractivity contribution in [1.29, 1.82) is 5.26 Å². The molecule has 3 aromatic rings. The summed E-state index contributed by atoms with van der Waals surface area (Å²) in [7, 11) is 0. The molecule has 2 aliphatic carbocycles. The summed E-state index contributed by atoms with van der Waals surface area (Å²) in [4.78, 5) is 19.5. The normalized spacial score (nSPS) is 27.0. The van der Waals surface area contributed by atoms with E-state index in [1.54, 1.807) is 0 Å². The van der Waals surface area contributed by atoms with Crippen LogP contribution in [0, 0.1) is 17.2 Å². The van der Waals surface area contributed by atoms with E-state index in [2.05, 4.69) is 39.9 Å². The minimum Gasteiger partial charge on any atom is -0.441 e. The summed E-state index contributed by atoms with van der Waals surface area (Å²) in [5, 5.41) is 9.25. The lowest BCUT2D eigenvalue weighted by molar-refractivity contribution is 0.00408. The van der Waals surface area contributed by atoms with Gasteiger partial charge in [-0.2, -0.15) is 5.26 Å². The molecule has 0 N–H and O–H groups in total. The number of hydrogen-bond donors (Lipinski definition) is 0. The van der Waals surface area contributed by atoms with Crippen molar-refractivity contribution >= 4 is 17.1 Å². The Hall–Kier alpha value is -3.33. The summed E-state index contributed by atoms with van der Waals surface area (Å²) in [6.45, 7) is 1.52. The van der Waals surface area contributed by atoms with Crippen LogP contribution in [0.2, 0.25) is 0 Å². The fourth-order valence-corrected chi connectivity index (χ4v) is 6.13. The maximum atomic E-state index is 13.0. The summed E-state index contributed by atoms with van der Waals surface area (Å²) in [5.41, 5.74) is 4.82. The highest BCUT2D eigenvalue weighted by molar-refractivity contribution is 5.77. The van der Waals surface area contributed by atoms with E-state index < -0.39 is 0 Å². The van der Waals surface area contributed by atoms with Crippen LogP contribution in [0.5, 0.6) is 0 Å².